The zero-order valence-electron chi connectivity index (χ0n) is 13.1. The van der Waals surface area contributed by atoms with Gasteiger partial charge in [0.25, 0.3) is 0 Å². The summed E-state index contributed by atoms with van der Waals surface area (Å²) in [5.74, 6) is 0.119. The van der Waals surface area contributed by atoms with E-state index in [1.54, 1.807) is 7.11 Å². The van der Waals surface area contributed by atoms with Crippen LogP contribution in [0.1, 0.15) is 12.5 Å². The minimum absolute atomic E-state index is 0.0226. The number of rotatable bonds is 8. The smallest absolute Gasteiger partial charge is 0.421 e. The number of methoxy groups -OCH3 is 1. The molecule has 6 nitrogen and oxygen atoms in total. The number of halogens is 3. The topological polar surface area (TPSA) is 67.8 Å². The molecule has 23 heavy (non-hydrogen) atoms. The van der Waals surface area contributed by atoms with Crippen LogP contribution in [-0.4, -0.2) is 50.9 Å². The van der Waals surface area contributed by atoms with Crippen LogP contribution in [0.5, 0.6) is 5.88 Å². The summed E-state index contributed by atoms with van der Waals surface area (Å²) in [7, 11) is 1.58. The molecule has 0 atom stereocenters. The third-order valence-corrected chi connectivity index (χ3v) is 2.62. The lowest BCUT2D eigenvalue weighted by atomic mass is 10.2. The maximum Gasteiger partial charge on any atom is 0.421 e. The molecule has 0 aliphatic carbocycles. The molecule has 0 bridgehead atoms. The van der Waals surface area contributed by atoms with Gasteiger partial charge in [-0.05, 0) is 19.1 Å². The Morgan fingerprint density at radius 1 is 1.30 bits per heavy atom. The summed E-state index contributed by atoms with van der Waals surface area (Å²) in [6, 6.07) is 2.16. The lowest BCUT2D eigenvalue weighted by molar-refractivity contribution is -0.139. The van der Waals surface area contributed by atoms with E-state index in [0.29, 0.717) is 25.7 Å². The van der Waals surface area contributed by atoms with Crippen LogP contribution in [0.25, 0.3) is 0 Å². The number of aliphatic imine (C=N–C) groups is 1. The standard InChI is InChI=1S/C14H21F3N4O2/c1-3-18-13(20-7-9-22-2)21-8-10-23-12-11(14(15,16)17)5-4-6-19-12/h4-6H,3,7-10H2,1-2H3,(H2,18,20,21). The fourth-order valence-electron chi connectivity index (χ4n) is 1.63. The molecule has 0 spiro atoms. The predicted molar refractivity (Wildman–Crippen MR) is 80.6 cm³/mol. The number of pyridine rings is 1. The maximum atomic E-state index is 12.8. The van der Waals surface area contributed by atoms with Crippen LogP contribution in [0, 0.1) is 0 Å². The highest BCUT2D eigenvalue weighted by molar-refractivity contribution is 5.79. The zero-order chi connectivity index (χ0) is 17.1. The summed E-state index contributed by atoms with van der Waals surface area (Å²) in [5.41, 5.74) is -0.888. The maximum absolute atomic E-state index is 12.8. The van der Waals surface area contributed by atoms with E-state index in [4.69, 9.17) is 9.47 Å². The van der Waals surface area contributed by atoms with Crippen LogP contribution in [0.4, 0.5) is 13.2 Å². The molecule has 0 amide bonds. The molecule has 0 unspecified atom stereocenters. The lowest BCUT2D eigenvalue weighted by Gasteiger charge is -2.14. The highest BCUT2D eigenvalue weighted by Gasteiger charge is 2.34. The number of aromatic nitrogens is 1. The molecule has 9 heteroatoms. The molecule has 1 rings (SSSR count). The van der Waals surface area contributed by atoms with Gasteiger partial charge in [-0.25, -0.2) is 4.98 Å². The largest absolute Gasteiger partial charge is 0.475 e. The van der Waals surface area contributed by atoms with Crippen molar-refractivity contribution < 1.29 is 22.6 Å². The molecule has 0 saturated carbocycles. The first-order chi connectivity index (χ1) is 11.0. The average Bonchev–Trinajstić information content (AvgIpc) is 2.51. The second-order valence-electron chi connectivity index (χ2n) is 4.38. The van der Waals surface area contributed by atoms with Crippen molar-refractivity contribution >= 4 is 5.96 Å². The summed E-state index contributed by atoms with van der Waals surface area (Å²) in [4.78, 5) is 7.85. The van der Waals surface area contributed by atoms with E-state index in [-0.39, 0.29) is 13.2 Å². The second kappa shape index (κ2) is 9.88. The SMILES string of the molecule is CCNC(=NCCOC)NCCOc1ncccc1C(F)(F)F. The Morgan fingerprint density at radius 3 is 2.74 bits per heavy atom. The molecular formula is C14H21F3N4O2. The minimum atomic E-state index is -4.49. The Balaban J connectivity index is 2.49. The molecule has 2 N–H and O–H groups in total. The molecule has 1 aromatic heterocycles. The van der Waals surface area contributed by atoms with Gasteiger partial charge in [-0.15, -0.1) is 0 Å². The molecule has 0 fully saturated rings. The van der Waals surface area contributed by atoms with Crippen molar-refractivity contribution in [3.8, 4) is 5.88 Å². The van der Waals surface area contributed by atoms with Crippen molar-refractivity contribution in [2.45, 2.75) is 13.1 Å². The van der Waals surface area contributed by atoms with Crippen molar-refractivity contribution in [3.63, 3.8) is 0 Å². The van der Waals surface area contributed by atoms with Crippen molar-refractivity contribution in [1.82, 2.24) is 15.6 Å². The summed E-state index contributed by atoms with van der Waals surface area (Å²) in [5, 5.41) is 5.97. The first kappa shape index (κ1) is 19.0. The van der Waals surface area contributed by atoms with Crippen molar-refractivity contribution in [3.05, 3.63) is 23.9 Å². The number of hydrogen-bond donors (Lipinski definition) is 2. The quantitative estimate of drug-likeness (QED) is 0.430. The van der Waals surface area contributed by atoms with Crippen LogP contribution in [-0.2, 0) is 10.9 Å². The third kappa shape index (κ3) is 7.18. The van der Waals surface area contributed by atoms with E-state index < -0.39 is 17.6 Å². The summed E-state index contributed by atoms with van der Waals surface area (Å²) >= 11 is 0. The highest BCUT2D eigenvalue weighted by Crippen LogP contribution is 2.34. The van der Waals surface area contributed by atoms with Crippen LogP contribution >= 0.6 is 0 Å². The Bertz CT molecular complexity index is 495. The number of alkyl halides is 3. The van der Waals surface area contributed by atoms with Gasteiger partial charge in [0.1, 0.15) is 12.2 Å². The molecule has 0 saturated heterocycles. The molecule has 0 aliphatic rings. The first-order valence-corrected chi connectivity index (χ1v) is 7.15. The molecule has 130 valence electrons. The van der Waals surface area contributed by atoms with Crippen molar-refractivity contribution in [2.24, 2.45) is 4.99 Å². The van der Waals surface area contributed by atoms with Crippen LogP contribution < -0.4 is 15.4 Å². The predicted octanol–water partition coefficient (Wildman–Crippen LogP) is 1.68. The van der Waals surface area contributed by atoms with Crippen LogP contribution in [0.15, 0.2) is 23.3 Å². The normalized spacial score (nSPS) is 12.1. The Labute approximate surface area is 133 Å². The fraction of sp³-hybridized carbons (Fsp3) is 0.571. The number of nitrogens with zero attached hydrogens (tertiary/aromatic N) is 2. The van der Waals surface area contributed by atoms with E-state index in [1.807, 2.05) is 6.92 Å². The highest BCUT2D eigenvalue weighted by atomic mass is 19.4. The van der Waals surface area contributed by atoms with E-state index in [9.17, 15) is 13.2 Å². The number of ether oxygens (including phenoxy) is 2. The zero-order valence-corrected chi connectivity index (χ0v) is 13.1. The van der Waals surface area contributed by atoms with E-state index >= 15 is 0 Å². The lowest BCUT2D eigenvalue weighted by Crippen LogP contribution is -2.39. The van der Waals surface area contributed by atoms with Gasteiger partial charge in [0.2, 0.25) is 5.88 Å². The molecule has 0 aliphatic heterocycles. The fourth-order valence-corrected chi connectivity index (χ4v) is 1.63. The first-order valence-electron chi connectivity index (χ1n) is 7.15. The van der Waals surface area contributed by atoms with Gasteiger partial charge < -0.3 is 20.1 Å². The number of nitrogens with one attached hydrogen (secondary N) is 2. The van der Waals surface area contributed by atoms with Gasteiger partial charge in [0.15, 0.2) is 5.96 Å². The molecule has 1 aromatic rings. The van der Waals surface area contributed by atoms with E-state index in [0.717, 1.165) is 6.07 Å². The minimum Gasteiger partial charge on any atom is -0.475 e. The van der Waals surface area contributed by atoms with Gasteiger partial charge in [-0.2, -0.15) is 13.2 Å². The summed E-state index contributed by atoms with van der Waals surface area (Å²) < 4.78 is 48.4. The van der Waals surface area contributed by atoms with Gasteiger partial charge >= 0.3 is 6.18 Å². The average molecular weight is 334 g/mol. The summed E-state index contributed by atoms with van der Waals surface area (Å²) in [6.07, 6.45) is -3.23. The molecule has 0 aromatic carbocycles. The van der Waals surface area contributed by atoms with Gasteiger partial charge in [-0.1, -0.05) is 0 Å². The van der Waals surface area contributed by atoms with Gasteiger partial charge in [-0.3, -0.25) is 4.99 Å². The van der Waals surface area contributed by atoms with E-state index in [2.05, 4.69) is 20.6 Å². The Morgan fingerprint density at radius 2 is 2.09 bits per heavy atom. The molecule has 0 radical (unpaired) electrons. The Hall–Kier alpha value is -2.03. The number of guanidine groups is 1. The summed E-state index contributed by atoms with van der Waals surface area (Å²) in [6.45, 7) is 3.84. The van der Waals surface area contributed by atoms with Crippen molar-refractivity contribution in [1.29, 1.82) is 0 Å². The van der Waals surface area contributed by atoms with Gasteiger partial charge in [0, 0.05) is 19.9 Å². The third-order valence-electron chi connectivity index (χ3n) is 2.62. The van der Waals surface area contributed by atoms with Crippen LogP contribution in [0.3, 0.4) is 0 Å². The van der Waals surface area contributed by atoms with E-state index in [1.165, 1.54) is 12.3 Å². The van der Waals surface area contributed by atoms with Crippen molar-refractivity contribution in [2.75, 3.05) is 40.0 Å². The van der Waals surface area contributed by atoms with Crippen LogP contribution in [0.2, 0.25) is 0 Å². The monoisotopic (exact) mass is 334 g/mol. The second-order valence-corrected chi connectivity index (χ2v) is 4.38. The molecular weight excluding hydrogens is 313 g/mol. The van der Waals surface area contributed by atoms with Gasteiger partial charge in [0.05, 0.1) is 19.7 Å². The number of hydrogen-bond acceptors (Lipinski definition) is 4. The Kier molecular flexibility index (Phi) is 8.17. The molecule has 1 heterocycles.